The minimum atomic E-state index is 0.557. The summed E-state index contributed by atoms with van der Waals surface area (Å²) in [6.45, 7) is 5.17. The quantitative estimate of drug-likeness (QED) is 0.332. The summed E-state index contributed by atoms with van der Waals surface area (Å²) in [6.07, 6.45) is 0. The maximum atomic E-state index is 4.81. The van der Waals surface area contributed by atoms with E-state index in [1.54, 1.807) is 14.0 Å². The van der Waals surface area contributed by atoms with Gasteiger partial charge in [-0.2, -0.15) is 0 Å². The van der Waals surface area contributed by atoms with Crippen molar-refractivity contribution in [3.05, 3.63) is 17.9 Å². The summed E-state index contributed by atoms with van der Waals surface area (Å²) >= 11 is 0. The number of hydrogen-bond acceptors (Lipinski definition) is 3. The van der Waals surface area contributed by atoms with Crippen LogP contribution in [0.5, 0.6) is 0 Å². The first-order chi connectivity index (χ1) is 3.66. The minimum Gasteiger partial charge on any atom is -0.497 e. The van der Waals surface area contributed by atoms with Gasteiger partial charge in [-0.1, -0.05) is 6.58 Å². The van der Waals surface area contributed by atoms with Crippen molar-refractivity contribution in [2.24, 2.45) is 5.84 Å². The van der Waals surface area contributed by atoms with Gasteiger partial charge in [0.25, 0.3) is 0 Å². The predicted octanol–water partition coefficient (Wildman–Crippen LogP) is 0.546. The Kier molecular flexibility index (Phi) is 3.18. The third kappa shape index (κ3) is 3.60. The number of hydrogen-bond donors (Lipinski definition) is 1. The highest BCUT2D eigenvalue weighted by atomic mass is 16.7. The smallest absolute Gasteiger partial charge is 0.112 e. The third-order valence-electron chi connectivity index (χ3n) is 0.451. The molecule has 0 aromatic carbocycles. The molecule has 0 aromatic rings. The molecule has 0 saturated heterocycles. The van der Waals surface area contributed by atoms with Crippen LogP contribution in [0.1, 0.15) is 6.92 Å². The molecule has 0 fully saturated rings. The number of allylic oxidation sites excluding steroid dienone is 1. The average molecular weight is 116 g/mol. The van der Waals surface area contributed by atoms with E-state index in [2.05, 4.69) is 12.1 Å². The largest absolute Gasteiger partial charge is 0.497 e. The number of hydroxylamine groups is 1. The van der Waals surface area contributed by atoms with Crippen molar-refractivity contribution in [3.63, 3.8) is 0 Å². The lowest BCUT2D eigenvalue weighted by atomic mass is 10.7. The van der Waals surface area contributed by atoms with Crippen LogP contribution in [0.15, 0.2) is 12.3 Å². The van der Waals surface area contributed by atoms with Gasteiger partial charge in [0.15, 0.2) is 0 Å². The molecule has 0 aliphatic carbocycles. The first kappa shape index (κ1) is 7.42. The average Bonchev–Trinajstić information content (AvgIpc) is 1.65. The van der Waals surface area contributed by atoms with Gasteiger partial charge in [-0.15, -0.1) is 0 Å². The lowest BCUT2D eigenvalue weighted by Gasteiger charge is -2.27. The highest BCUT2D eigenvalue weighted by molar-refractivity contribution is 4.73. The fourth-order valence-corrected chi connectivity index (χ4v) is 0.249. The molecule has 2 N–H and O–H groups in total. The van der Waals surface area contributed by atoms with E-state index in [1.807, 2.05) is 0 Å². The van der Waals surface area contributed by atoms with Crippen molar-refractivity contribution in [1.82, 2.24) is 5.17 Å². The van der Waals surface area contributed by atoms with Crippen LogP contribution in [0.2, 0.25) is 0 Å². The van der Waals surface area contributed by atoms with Gasteiger partial charge >= 0.3 is 0 Å². The molecule has 8 heavy (non-hydrogen) atoms. The molecule has 0 saturated carbocycles. The molecule has 0 aromatic heterocycles. The molecule has 0 bridgehead atoms. The Balaban J connectivity index is 3.24. The summed E-state index contributed by atoms with van der Waals surface area (Å²) in [5, 5.41) is 1.13. The molecule has 4 nitrogen and oxygen atoms in total. The van der Waals surface area contributed by atoms with E-state index in [0.717, 1.165) is 5.17 Å². The molecule has 48 valence electrons. The van der Waals surface area contributed by atoms with Gasteiger partial charge in [0.05, 0.1) is 0 Å². The van der Waals surface area contributed by atoms with Crippen molar-refractivity contribution < 1.29 is 4.84 Å². The molecule has 4 heteroatoms. The van der Waals surface area contributed by atoms with E-state index in [1.165, 1.54) is 0 Å². The van der Waals surface area contributed by atoms with E-state index in [9.17, 15) is 0 Å². The van der Waals surface area contributed by atoms with Crippen LogP contribution in [-0.4, -0.2) is 12.2 Å². The predicted molar refractivity (Wildman–Crippen MR) is 31.2 cm³/mol. The maximum absolute atomic E-state index is 4.81. The van der Waals surface area contributed by atoms with Crippen molar-refractivity contribution in [3.8, 4) is 0 Å². The standard InChI is InChI=1S/C4H10N3O/c1-4(2)8-7(3)6-5/h1,5H2,2-3H3/q-1. The second kappa shape index (κ2) is 3.43. The van der Waals surface area contributed by atoms with Crippen molar-refractivity contribution in [2.75, 3.05) is 7.05 Å². The summed E-state index contributed by atoms with van der Waals surface area (Å²) in [5.74, 6) is 5.36. The van der Waals surface area contributed by atoms with Crippen LogP contribution in [-0.2, 0) is 4.84 Å². The van der Waals surface area contributed by atoms with Gasteiger partial charge in [-0.3, -0.25) is 0 Å². The molecule has 0 aliphatic heterocycles. The monoisotopic (exact) mass is 116 g/mol. The molecule has 0 unspecified atom stereocenters. The maximum Gasteiger partial charge on any atom is 0.112 e. The second-order valence-electron chi connectivity index (χ2n) is 1.37. The highest BCUT2D eigenvalue weighted by Crippen LogP contribution is 1.95. The molecule has 0 atom stereocenters. The Bertz CT molecular complexity index is 83.4. The fourth-order valence-electron chi connectivity index (χ4n) is 0.249. The molecular formula is C4H10N3O-. The fraction of sp³-hybridized carbons (Fsp3) is 0.500. The first-order valence-electron chi connectivity index (χ1n) is 2.15. The van der Waals surface area contributed by atoms with Gasteiger partial charge in [-0.05, 0) is 6.92 Å². The van der Waals surface area contributed by atoms with Gasteiger partial charge in [0, 0.05) is 7.05 Å². The molecular weight excluding hydrogens is 106 g/mol. The summed E-state index contributed by atoms with van der Waals surface area (Å²) in [4.78, 5) is 4.75. The second-order valence-corrected chi connectivity index (χ2v) is 1.37. The highest BCUT2D eigenvalue weighted by Gasteiger charge is 1.80. The normalized spacial score (nSPS) is 9.50. The molecule has 0 amide bonds. The number of rotatable bonds is 3. The molecule has 0 aliphatic rings. The van der Waals surface area contributed by atoms with E-state index < -0.39 is 0 Å². The molecule has 0 radical (unpaired) electrons. The zero-order valence-electron chi connectivity index (χ0n) is 5.09. The molecule has 0 spiro atoms. The van der Waals surface area contributed by atoms with Crippen LogP contribution in [0.25, 0.3) is 5.53 Å². The zero-order chi connectivity index (χ0) is 6.57. The van der Waals surface area contributed by atoms with Crippen LogP contribution in [0.4, 0.5) is 0 Å². The number of nitrogens with two attached hydrogens (primary N) is 1. The van der Waals surface area contributed by atoms with E-state index in [-0.39, 0.29) is 0 Å². The third-order valence-corrected chi connectivity index (χ3v) is 0.451. The lowest BCUT2D eigenvalue weighted by molar-refractivity contribution is -0.0646. The Morgan fingerprint density at radius 2 is 2.38 bits per heavy atom. The topological polar surface area (TPSA) is 52.6 Å². The Labute approximate surface area is 48.8 Å². The first-order valence-corrected chi connectivity index (χ1v) is 2.15. The lowest BCUT2D eigenvalue weighted by Crippen LogP contribution is -2.15. The van der Waals surface area contributed by atoms with Gasteiger partial charge in [0.2, 0.25) is 0 Å². The molecule has 0 rings (SSSR count). The van der Waals surface area contributed by atoms with Gasteiger partial charge < -0.3 is 16.2 Å². The van der Waals surface area contributed by atoms with Crippen molar-refractivity contribution in [2.45, 2.75) is 6.92 Å². The Morgan fingerprint density at radius 3 is 2.50 bits per heavy atom. The Morgan fingerprint density at radius 1 is 1.88 bits per heavy atom. The van der Waals surface area contributed by atoms with Crippen LogP contribution >= 0.6 is 0 Å². The summed E-state index contributed by atoms with van der Waals surface area (Å²) < 4.78 is 0. The van der Waals surface area contributed by atoms with Crippen molar-refractivity contribution in [1.29, 1.82) is 0 Å². The van der Waals surface area contributed by atoms with E-state index in [0.29, 0.717) is 5.76 Å². The van der Waals surface area contributed by atoms with Gasteiger partial charge in [0.1, 0.15) is 5.76 Å². The zero-order valence-corrected chi connectivity index (χ0v) is 5.09. The summed E-state index contributed by atoms with van der Waals surface area (Å²) in [5.41, 5.74) is 3.18. The van der Waals surface area contributed by atoms with Gasteiger partial charge in [-0.25, -0.2) is 5.17 Å². The van der Waals surface area contributed by atoms with E-state index >= 15 is 0 Å². The van der Waals surface area contributed by atoms with E-state index in [4.69, 9.17) is 10.7 Å². The SMILES string of the molecule is C=C(C)ON(C)[N-]N. The number of nitrogens with zero attached hydrogens (tertiary/aromatic N) is 2. The van der Waals surface area contributed by atoms with Crippen LogP contribution < -0.4 is 5.84 Å². The molecule has 0 heterocycles. The Hall–Kier alpha value is -0.580. The van der Waals surface area contributed by atoms with Crippen LogP contribution in [0, 0.1) is 0 Å². The van der Waals surface area contributed by atoms with Crippen LogP contribution in [0.3, 0.4) is 0 Å². The summed E-state index contributed by atoms with van der Waals surface area (Å²) in [6, 6.07) is 0. The minimum absolute atomic E-state index is 0.557. The van der Waals surface area contributed by atoms with Crippen molar-refractivity contribution >= 4 is 0 Å². The summed E-state index contributed by atoms with van der Waals surface area (Å²) in [7, 11) is 1.58.